The number of nitrogens with one attached hydrogen (secondary N) is 2. The van der Waals surface area contributed by atoms with Crippen molar-refractivity contribution >= 4 is 17.7 Å². The molecule has 0 unspecified atom stereocenters. The highest BCUT2D eigenvalue weighted by atomic mass is 32.2. The number of ether oxygens (including phenoxy) is 1. The molecule has 0 saturated heterocycles. The molecular formula is C18H31N3OS. The lowest BCUT2D eigenvalue weighted by atomic mass is 10.1. The zero-order chi connectivity index (χ0) is 16.9. The van der Waals surface area contributed by atoms with Gasteiger partial charge in [-0.1, -0.05) is 12.1 Å². The molecule has 0 radical (unpaired) electrons. The number of hydrogen-bond acceptors (Lipinski definition) is 3. The second-order valence-corrected chi connectivity index (χ2v) is 6.19. The Morgan fingerprint density at radius 2 is 2.04 bits per heavy atom. The summed E-state index contributed by atoms with van der Waals surface area (Å²) in [6.07, 6.45) is 4.28. The normalized spacial score (nSPS) is 11.6. The monoisotopic (exact) mass is 337 g/mol. The summed E-state index contributed by atoms with van der Waals surface area (Å²) >= 11 is 1.78. The molecule has 0 aliphatic heterocycles. The highest BCUT2D eigenvalue weighted by molar-refractivity contribution is 7.98. The highest BCUT2D eigenvalue weighted by Crippen LogP contribution is 2.22. The fourth-order valence-electron chi connectivity index (χ4n) is 2.17. The third kappa shape index (κ3) is 8.28. The largest absolute Gasteiger partial charge is 0.382 e. The molecular weight excluding hydrogens is 306 g/mol. The number of aryl methyl sites for hydroxylation is 1. The maximum Gasteiger partial charge on any atom is 0.191 e. The van der Waals surface area contributed by atoms with Crippen LogP contribution in [0.5, 0.6) is 0 Å². The van der Waals surface area contributed by atoms with Crippen LogP contribution < -0.4 is 10.6 Å². The van der Waals surface area contributed by atoms with Crippen molar-refractivity contribution in [3.05, 3.63) is 29.3 Å². The Kier molecular flexibility index (Phi) is 10.6. The van der Waals surface area contributed by atoms with Crippen molar-refractivity contribution in [3.63, 3.8) is 0 Å². The average Bonchev–Trinajstić information content (AvgIpc) is 2.56. The molecule has 1 aromatic rings. The van der Waals surface area contributed by atoms with Crippen LogP contribution in [0.1, 0.15) is 37.8 Å². The maximum absolute atomic E-state index is 5.35. The Balaban J connectivity index is 2.51. The van der Waals surface area contributed by atoms with Gasteiger partial charge in [0.05, 0.1) is 6.54 Å². The Morgan fingerprint density at radius 1 is 1.22 bits per heavy atom. The van der Waals surface area contributed by atoms with Crippen molar-refractivity contribution in [2.24, 2.45) is 4.99 Å². The van der Waals surface area contributed by atoms with Gasteiger partial charge in [-0.2, -0.15) is 0 Å². The molecule has 1 rings (SSSR count). The van der Waals surface area contributed by atoms with Crippen molar-refractivity contribution in [1.29, 1.82) is 0 Å². The van der Waals surface area contributed by atoms with E-state index in [-0.39, 0.29) is 0 Å². The van der Waals surface area contributed by atoms with Gasteiger partial charge in [-0.25, -0.2) is 4.99 Å². The number of rotatable bonds is 10. The minimum absolute atomic E-state index is 0.699. The Hall–Kier alpha value is -1.20. The Bertz CT molecular complexity index is 477. The van der Waals surface area contributed by atoms with Crippen molar-refractivity contribution < 1.29 is 4.74 Å². The van der Waals surface area contributed by atoms with Gasteiger partial charge in [0.15, 0.2) is 5.96 Å². The molecule has 2 N–H and O–H groups in total. The average molecular weight is 338 g/mol. The lowest BCUT2D eigenvalue weighted by Crippen LogP contribution is -2.37. The first kappa shape index (κ1) is 19.8. The first-order valence-corrected chi connectivity index (χ1v) is 9.67. The van der Waals surface area contributed by atoms with Crippen LogP contribution in [0.4, 0.5) is 0 Å². The zero-order valence-electron chi connectivity index (χ0n) is 14.9. The minimum Gasteiger partial charge on any atom is -0.382 e. The van der Waals surface area contributed by atoms with E-state index in [0.717, 1.165) is 45.1 Å². The summed E-state index contributed by atoms with van der Waals surface area (Å²) in [5.41, 5.74) is 2.57. The molecule has 0 aliphatic rings. The highest BCUT2D eigenvalue weighted by Gasteiger charge is 2.03. The van der Waals surface area contributed by atoms with Gasteiger partial charge in [-0.15, -0.1) is 11.8 Å². The summed E-state index contributed by atoms with van der Waals surface area (Å²) < 4.78 is 5.35. The number of benzene rings is 1. The van der Waals surface area contributed by atoms with E-state index < -0.39 is 0 Å². The molecule has 0 spiro atoms. The smallest absolute Gasteiger partial charge is 0.191 e. The second-order valence-electron chi connectivity index (χ2n) is 5.34. The van der Waals surface area contributed by atoms with Crippen molar-refractivity contribution in [2.45, 2.75) is 45.1 Å². The predicted octanol–water partition coefficient (Wildman–Crippen LogP) is 3.59. The van der Waals surface area contributed by atoms with Gasteiger partial charge >= 0.3 is 0 Å². The van der Waals surface area contributed by atoms with Crippen LogP contribution in [0.15, 0.2) is 28.1 Å². The molecule has 0 aliphatic carbocycles. The number of unbranched alkanes of at least 4 members (excludes halogenated alkanes) is 1. The van der Waals surface area contributed by atoms with Gasteiger partial charge < -0.3 is 15.4 Å². The molecule has 5 heteroatoms. The maximum atomic E-state index is 5.35. The van der Waals surface area contributed by atoms with Gasteiger partial charge in [0.25, 0.3) is 0 Å². The van der Waals surface area contributed by atoms with Crippen molar-refractivity contribution in [1.82, 2.24) is 10.6 Å². The first-order chi connectivity index (χ1) is 11.2. The van der Waals surface area contributed by atoms with E-state index in [1.165, 1.54) is 16.0 Å². The van der Waals surface area contributed by atoms with Crippen LogP contribution >= 0.6 is 11.8 Å². The fourth-order valence-corrected chi connectivity index (χ4v) is 2.87. The quantitative estimate of drug-likeness (QED) is 0.296. The third-order valence-electron chi connectivity index (χ3n) is 3.41. The van der Waals surface area contributed by atoms with Crippen LogP contribution in [0.25, 0.3) is 0 Å². The van der Waals surface area contributed by atoms with Gasteiger partial charge in [0.1, 0.15) is 0 Å². The van der Waals surface area contributed by atoms with E-state index in [9.17, 15) is 0 Å². The molecule has 0 fully saturated rings. The van der Waals surface area contributed by atoms with Crippen LogP contribution in [-0.2, 0) is 11.3 Å². The van der Waals surface area contributed by atoms with Crippen LogP contribution in [-0.4, -0.2) is 38.5 Å². The molecule has 0 heterocycles. The van der Waals surface area contributed by atoms with E-state index in [2.05, 4.69) is 48.9 Å². The standard InChI is InChI=1S/C18H31N3OS/c1-5-19-18(20-11-7-8-12-22-6-2)21-14-16-10-9-15(3)13-17(16)23-4/h9-10,13H,5-8,11-12,14H2,1-4H3,(H2,19,20,21). The number of hydrogen-bond donors (Lipinski definition) is 2. The van der Waals surface area contributed by atoms with Gasteiger partial charge in [0.2, 0.25) is 0 Å². The van der Waals surface area contributed by atoms with Crippen molar-refractivity contribution in [2.75, 3.05) is 32.6 Å². The minimum atomic E-state index is 0.699. The van der Waals surface area contributed by atoms with E-state index in [0.29, 0.717) is 6.54 Å². The first-order valence-electron chi connectivity index (χ1n) is 8.44. The van der Waals surface area contributed by atoms with E-state index in [1.54, 1.807) is 11.8 Å². The van der Waals surface area contributed by atoms with Gasteiger partial charge in [-0.3, -0.25) is 0 Å². The molecule has 0 atom stereocenters. The molecule has 0 amide bonds. The van der Waals surface area contributed by atoms with Crippen molar-refractivity contribution in [3.8, 4) is 0 Å². The van der Waals surface area contributed by atoms with E-state index >= 15 is 0 Å². The topological polar surface area (TPSA) is 45.7 Å². The second kappa shape index (κ2) is 12.3. The van der Waals surface area contributed by atoms with Gasteiger partial charge in [-0.05, 0) is 57.1 Å². The molecule has 0 bridgehead atoms. The molecule has 23 heavy (non-hydrogen) atoms. The lowest BCUT2D eigenvalue weighted by Gasteiger charge is -2.12. The third-order valence-corrected chi connectivity index (χ3v) is 4.23. The molecule has 1 aromatic carbocycles. The SMILES string of the molecule is CCNC(=NCc1ccc(C)cc1SC)NCCCCOCC. The predicted molar refractivity (Wildman–Crippen MR) is 102 cm³/mol. The number of aliphatic imine (C=N–C) groups is 1. The lowest BCUT2D eigenvalue weighted by molar-refractivity contribution is 0.143. The molecule has 4 nitrogen and oxygen atoms in total. The zero-order valence-corrected chi connectivity index (χ0v) is 15.8. The molecule has 130 valence electrons. The molecule has 0 saturated carbocycles. The van der Waals surface area contributed by atoms with E-state index in [4.69, 9.17) is 9.73 Å². The van der Waals surface area contributed by atoms with Crippen LogP contribution in [0.3, 0.4) is 0 Å². The van der Waals surface area contributed by atoms with Crippen LogP contribution in [0.2, 0.25) is 0 Å². The summed E-state index contributed by atoms with van der Waals surface area (Å²) in [5.74, 6) is 0.886. The summed E-state index contributed by atoms with van der Waals surface area (Å²) in [6.45, 7) is 10.4. The van der Waals surface area contributed by atoms with E-state index in [1.807, 2.05) is 6.92 Å². The number of thioether (sulfide) groups is 1. The number of nitrogens with zero attached hydrogens (tertiary/aromatic N) is 1. The number of guanidine groups is 1. The summed E-state index contributed by atoms with van der Waals surface area (Å²) in [6, 6.07) is 6.55. The van der Waals surface area contributed by atoms with Gasteiger partial charge in [0, 0.05) is 31.2 Å². The Labute approximate surface area is 145 Å². The molecule has 0 aromatic heterocycles. The summed E-state index contributed by atoms with van der Waals surface area (Å²) in [4.78, 5) is 6.01. The fraction of sp³-hybridized carbons (Fsp3) is 0.611. The summed E-state index contributed by atoms with van der Waals surface area (Å²) in [5, 5.41) is 6.70. The Morgan fingerprint density at radius 3 is 2.74 bits per heavy atom. The summed E-state index contributed by atoms with van der Waals surface area (Å²) in [7, 11) is 0. The van der Waals surface area contributed by atoms with Crippen LogP contribution in [0, 0.1) is 6.92 Å².